The molecule has 0 unspecified atom stereocenters. The van der Waals surface area contributed by atoms with Gasteiger partial charge in [-0.25, -0.2) is 8.42 Å². The highest BCUT2D eigenvalue weighted by molar-refractivity contribution is 7.89. The summed E-state index contributed by atoms with van der Waals surface area (Å²) in [5, 5.41) is 13.4. The minimum absolute atomic E-state index is 0.0996. The van der Waals surface area contributed by atoms with Crippen LogP contribution < -0.4 is 5.32 Å². The van der Waals surface area contributed by atoms with Gasteiger partial charge in [-0.1, -0.05) is 13.8 Å². The maximum Gasteiger partial charge on any atom is 0.269 e. The van der Waals surface area contributed by atoms with Gasteiger partial charge in [0, 0.05) is 36.5 Å². The smallest absolute Gasteiger partial charge is 0.269 e. The van der Waals surface area contributed by atoms with Gasteiger partial charge in [0.1, 0.15) is 0 Å². The van der Waals surface area contributed by atoms with Crippen LogP contribution in [-0.4, -0.2) is 36.6 Å². The Morgan fingerprint density at radius 3 is 2.10 bits per heavy atom. The highest BCUT2D eigenvalue weighted by Gasteiger charge is 2.31. The molecule has 1 aliphatic rings. The monoisotopic (exact) mass is 417 g/mol. The second-order valence-electron chi connectivity index (χ2n) is 7.55. The number of amides is 1. The van der Waals surface area contributed by atoms with Gasteiger partial charge >= 0.3 is 0 Å². The van der Waals surface area contributed by atoms with Gasteiger partial charge in [0.2, 0.25) is 10.0 Å². The third kappa shape index (κ3) is 4.80. The van der Waals surface area contributed by atoms with Crippen LogP contribution in [0.3, 0.4) is 0 Å². The van der Waals surface area contributed by atoms with Crippen LogP contribution in [0.25, 0.3) is 0 Å². The van der Waals surface area contributed by atoms with E-state index in [-0.39, 0.29) is 16.1 Å². The normalized spacial score (nSPS) is 20.2. The number of benzene rings is 2. The lowest BCUT2D eigenvalue weighted by molar-refractivity contribution is -0.384. The number of nitrogens with zero attached hydrogens (tertiary/aromatic N) is 2. The van der Waals surface area contributed by atoms with Crippen molar-refractivity contribution >= 4 is 27.3 Å². The van der Waals surface area contributed by atoms with Crippen molar-refractivity contribution in [1.82, 2.24) is 4.31 Å². The molecule has 0 radical (unpaired) electrons. The van der Waals surface area contributed by atoms with E-state index in [0.29, 0.717) is 30.6 Å². The Hall–Kier alpha value is -2.78. The van der Waals surface area contributed by atoms with E-state index in [1.165, 1.54) is 52.8 Å². The highest BCUT2D eigenvalue weighted by atomic mass is 32.2. The lowest BCUT2D eigenvalue weighted by Gasteiger charge is -2.34. The summed E-state index contributed by atoms with van der Waals surface area (Å²) in [6.07, 6.45) is 1.01. The van der Waals surface area contributed by atoms with Crippen molar-refractivity contribution in [3.05, 3.63) is 64.2 Å². The van der Waals surface area contributed by atoms with Gasteiger partial charge in [-0.3, -0.25) is 14.9 Å². The van der Waals surface area contributed by atoms with E-state index in [2.05, 4.69) is 19.2 Å². The molecule has 0 bridgehead atoms. The Morgan fingerprint density at radius 1 is 1.03 bits per heavy atom. The number of anilines is 1. The molecular weight excluding hydrogens is 394 g/mol. The molecule has 1 fully saturated rings. The van der Waals surface area contributed by atoms with Gasteiger partial charge in [-0.05, 0) is 54.7 Å². The summed E-state index contributed by atoms with van der Waals surface area (Å²) in [5.74, 6) is 0.191. The number of carbonyl (C=O) groups is 1. The Balaban J connectivity index is 1.71. The van der Waals surface area contributed by atoms with Gasteiger partial charge in [-0.15, -0.1) is 0 Å². The molecule has 2 aromatic carbocycles. The van der Waals surface area contributed by atoms with Crippen molar-refractivity contribution in [3.63, 3.8) is 0 Å². The predicted molar refractivity (Wildman–Crippen MR) is 109 cm³/mol. The van der Waals surface area contributed by atoms with E-state index in [1.807, 2.05) is 0 Å². The largest absolute Gasteiger partial charge is 0.322 e. The van der Waals surface area contributed by atoms with Crippen LogP contribution in [-0.2, 0) is 10.0 Å². The first-order valence-electron chi connectivity index (χ1n) is 9.33. The number of hydrogen-bond acceptors (Lipinski definition) is 5. The first-order chi connectivity index (χ1) is 13.7. The van der Waals surface area contributed by atoms with E-state index in [9.17, 15) is 23.3 Å². The molecule has 0 spiro atoms. The molecule has 1 aliphatic heterocycles. The van der Waals surface area contributed by atoms with Gasteiger partial charge in [0.25, 0.3) is 11.6 Å². The summed E-state index contributed by atoms with van der Waals surface area (Å²) in [6.45, 7) is 5.11. The molecule has 8 nitrogen and oxygen atoms in total. The zero-order valence-corrected chi connectivity index (χ0v) is 17.1. The summed E-state index contributed by atoms with van der Waals surface area (Å²) in [6, 6.07) is 11.3. The van der Waals surface area contributed by atoms with Gasteiger partial charge < -0.3 is 5.32 Å². The third-order valence-electron chi connectivity index (χ3n) is 4.93. The average Bonchev–Trinajstić information content (AvgIpc) is 2.67. The lowest BCUT2D eigenvalue weighted by Crippen LogP contribution is -2.42. The number of hydrogen-bond donors (Lipinski definition) is 1. The van der Waals surface area contributed by atoms with Crippen LogP contribution in [0.15, 0.2) is 53.4 Å². The molecule has 2 aromatic rings. The topological polar surface area (TPSA) is 110 Å². The summed E-state index contributed by atoms with van der Waals surface area (Å²) in [5.41, 5.74) is 0.605. The number of carbonyl (C=O) groups excluding carboxylic acids is 1. The van der Waals surface area contributed by atoms with E-state index in [1.54, 1.807) is 0 Å². The van der Waals surface area contributed by atoms with Crippen LogP contribution in [0.5, 0.6) is 0 Å². The molecule has 2 atom stereocenters. The zero-order chi connectivity index (χ0) is 21.2. The summed E-state index contributed by atoms with van der Waals surface area (Å²) in [4.78, 5) is 22.6. The van der Waals surface area contributed by atoms with Crippen molar-refractivity contribution in [2.24, 2.45) is 11.8 Å². The SMILES string of the molecule is C[C@H]1C[C@H](C)CN(S(=O)(=O)c2ccc(NC(=O)c3ccc([N+](=O)[O-])cc3)cc2)C1. The minimum Gasteiger partial charge on any atom is -0.322 e. The molecule has 0 saturated carbocycles. The van der Waals surface area contributed by atoms with Gasteiger partial charge in [0.05, 0.1) is 9.82 Å². The Morgan fingerprint density at radius 2 is 1.59 bits per heavy atom. The van der Waals surface area contributed by atoms with E-state index in [0.717, 1.165) is 6.42 Å². The van der Waals surface area contributed by atoms with Gasteiger partial charge in [0.15, 0.2) is 0 Å². The maximum absolute atomic E-state index is 12.9. The summed E-state index contributed by atoms with van der Waals surface area (Å²) in [7, 11) is -3.58. The van der Waals surface area contributed by atoms with Crippen LogP contribution in [0.1, 0.15) is 30.6 Å². The van der Waals surface area contributed by atoms with Crippen molar-refractivity contribution in [3.8, 4) is 0 Å². The molecule has 0 aliphatic carbocycles. The lowest BCUT2D eigenvalue weighted by atomic mass is 9.94. The van der Waals surface area contributed by atoms with E-state index < -0.39 is 20.9 Å². The molecule has 1 saturated heterocycles. The van der Waals surface area contributed by atoms with Crippen molar-refractivity contribution in [1.29, 1.82) is 0 Å². The Bertz CT molecular complexity index is 993. The number of non-ortho nitro benzene ring substituents is 1. The second kappa shape index (κ2) is 8.30. The summed E-state index contributed by atoms with van der Waals surface area (Å²) < 4.78 is 27.3. The van der Waals surface area contributed by atoms with Crippen LogP contribution in [0.4, 0.5) is 11.4 Å². The number of piperidine rings is 1. The Kier molecular flexibility index (Phi) is 5.99. The number of nitro benzene ring substituents is 1. The van der Waals surface area contributed by atoms with E-state index >= 15 is 0 Å². The fourth-order valence-corrected chi connectivity index (χ4v) is 5.28. The molecule has 9 heteroatoms. The molecule has 1 N–H and O–H groups in total. The fourth-order valence-electron chi connectivity index (χ4n) is 3.60. The van der Waals surface area contributed by atoms with E-state index in [4.69, 9.17) is 0 Å². The van der Waals surface area contributed by atoms with Crippen molar-refractivity contribution in [2.45, 2.75) is 25.2 Å². The molecule has 154 valence electrons. The standard InChI is InChI=1S/C20H23N3O5S/c1-14-11-15(2)13-22(12-14)29(27,28)19-9-5-17(6-10-19)21-20(24)16-3-7-18(8-4-16)23(25)26/h3-10,14-15H,11-13H2,1-2H3,(H,21,24)/t14-,15-/m0/s1. The first-order valence-corrected chi connectivity index (χ1v) is 10.8. The number of rotatable bonds is 5. The first kappa shape index (κ1) is 20.9. The van der Waals surface area contributed by atoms with Crippen molar-refractivity contribution in [2.75, 3.05) is 18.4 Å². The van der Waals surface area contributed by atoms with Gasteiger partial charge in [-0.2, -0.15) is 4.31 Å². The quantitative estimate of drug-likeness (QED) is 0.591. The third-order valence-corrected chi connectivity index (χ3v) is 6.77. The number of nitrogens with one attached hydrogen (secondary N) is 1. The zero-order valence-electron chi connectivity index (χ0n) is 16.2. The molecule has 1 amide bonds. The highest BCUT2D eigenvalue weighted by Crippen LogP contribution is 2.27. The Labute approximate surface area is 169 Å². The minimum atomic E-state index is -3.58. The maximum atomic E-state index is 12.9. The summed E-state index contributed by atoms with van der Waals surface area (Å²) >= 11 is 0. The fraction of sp³-hybridized carbons (Fsp3) is 0.350. The predicted octanol–water partition coefficient (Wildman–Crippen LogP) is 3.51. The molecule has 29 heavy (non-hydrogen) atoms. The molecule has 3 rings (SSSR count). The number of nitro groups is 1. The molecule has 0 aromatic heterocycles. The van der Waals surface area contributed by atoms with Crippen LogP contribution in [0, 0.1) is 22.0 Å². The second-order valence-corrected chi connectivity index (χ2v) is 9.49. The number of sulfonamides is 1. The van der Waals surface area contributed by atoms with Crippen molar-refractivity contribution < 1.29 is 18.1 Å². The average molecular weight is 417 g/mol. The molecular formula is C20H23N3O5S. The van der Waals surface area contributed by atoms with Crippen LogP contribution in [0.2, 0.25) is 0 Å². The molecule has 1 heterocycles. The van der Waals surface area contributed by atoms with Crippen LogP contribution >= 0.6 is 0 Å².